The quantitative estimate of drug-likeness (QED) is 0.780. The first-order valence-electron chi connectivity index (χ1n) is 7.12. The molecule has 0 radical (unpaired) electrons. The number of hydrogen-bond donors (Lipinski definition) is 0. The summed E-state index contributed by atoms with van der Waals surface area (Å²) < 4.78 is 49.0. The molecule has 1 aromatic rings. The molecule has 128 valence electrons. The van der Waals surface area contributed by atoms with Gasteiger partial charge in [-0.05, 0) is 40.9 Å². The predicted molar refractivity (Wildman–Crippen MR) is 81.5 cm³/mol. The highest BCUT2D eigenvalue weighted by atomic mass is 79.9. The van der Waals surface area contributed by atoms with E-state index in [0.29, 0.717) is 16.0 Å². The lowest BCUT2D eigenvalue weighted by molar-refractivity contribution is -0.186. The van der Waals surface area contributed by atoms with Gasteiger partial charge in [0.1, 0.15) is 11.5 Å². The molecule has 23 heavy (non-hydrogen) atoms. The van der Waals surface area contributed by atoms with Gasteiger partial charge in [0.25, 0.3) is 5.91 Å². The van der Waals surface area contributed by atoms with E-state index in [1.54, 1.807) is 18.2 Å². The molecule has 0 saturated carbocycles. The van der Waals surface area contributed by atoms with Gasteiger partial charge in [-0.3, -0.25) is 4.79 Å². The van der Waals surface area contributed by atoms with Crippen molar-refractivity contribution in [3.8, 4) is 11.5 Å². The Morgan fingerprint density at radius 3 is 2.57 bits per heavy atom. The molecule has 0 unspecified atom stereocenters. The summed E-state index contributed by atoms with van der Waals surface area (Å²) in [5, 5.41) is 0. The first-order chi connectivity index (χ1) is 10.8. The van der Waals surface area contributed by atoms with Crippen LogP contribution in [-0.2, 0) is 4.79 Å². The molecule has 8 heteroatoms. The lowest BCUT2D eigenvalue weighted by atomic mass is 9.96. The lowest BCUT2D eigenvalue weighted by Crippen LogP contribution is -2.43. The summed E-state index contributed by atoms with van der Waals surface area (Å²) in [6.07, 6.45) is -4.30. The molecule has 1 aromatic carbocycles. The number of ether oxygens (including phenoxy) is 2. The third-order valence-electron chi connectivity index (χ3n) is 3.80. The zero-order chi connectivity index (χ0) is 17.0. The van der Waals surface area contributed by atoms with Crippen LogP contribution in [0.3, 0.4) is 0 Å². The summed E-state index contributed by atoms with van der Waals surface area (Å²) in [4.78, 5) is 13.5. The number of benzene rings is 1. The summed E-state index contributed by atoms with van der Waals surface area (Å²) in [5.41, 5.74) is 0. The fourth-order valence-electron chi connectivity index (χ4n) is 2.41. The number of alkyl halides is 3. The van der Waals surface area contributed by atoms with Crippen LogP contribution in [0, 0.1) is 5.92 Å². The monoisotopic (exact) mass is 395 g/mol. The summed E-state index contributed by atoms with van der Waals surface area (Å²) in [6.45, 7) is -0.0141. The Hall–Kier alpha value is -1.44. The fraction of sp³-hybridized carbons (Fsp3) is 0.533. The van der Waals surface area contributed by atoms with E-state index in [0.717, 1.165) is 0 Å². The van der Waals surface area contributed by atoms with E-state index < -0.39 is 12.1 Å². The van der Waals surface area contributed by atoms with Gasteiger partial charge in [-0.2, -0.15) is 13.2 Å². The summed E-state index contributed by atoms with van der Waals surface area (Å²) >= 11 is 3.30. The molecule has 1 heterocycles. The van der Waals surface area contributed by atoms with Gasteiger partial charge in [0.05, 0.1) is 17.5 Å². The Labute approximate surface area is 140 Å². The maximum atomic E-state index is 12.6. The molecule has 1 fully saturated rings. The Morgan fingerprint density at radius 2 is 2.00 bits per heavy atom. The van der Waals surface area contributed by atoms with Gasteiger partial charge in [-0.15, -0.1) is 0 Å². The average Bonchev–Trinajstić information content (AvgIpc) is 2.53. The molecule has 0 aliphatic carbocycles. The van der Waals surface area contributed by atoms with Crippen LogP contribution in [0.4, 0.5) is 13.2 Å². The van der Waals surface area contributed by atoms with Crippen LogP contribution in [0.15, 0.2) is 22.7 Å². The number of nitrogens with zero attached hydrogens (tertiary/aromatic N) is 1. The normalized spacial score (nSPS) is 16.3. The standard InChI is InChI=1S/C15H17BrF3NO3/c1-22-11-2-3-12(16)13(8-11)23-9-14(21)20-6-4-10(5-7-20)15(17,18)19/h2-3,8,10H,4-7,9H2,1H3. The molecular formula is C15H17BrF3NO3. The molecule has 1 saturated heterocycles. The average molecular weight is 396 g/mol. The highest BCUT2D eigenvalue weighted by Gasteiger charge is 2.41. The fourth-order valence-corrected chi connectivity index (χ4v) is 2.77. The van der Waals surface area contributed by atoms with Crippen LogP contribution in [0.25, 0.3) is 0 Å². The van der Waals surface area contributed by atoms with Crippen molar-refractivity contribution in [3.05, 3.63) is 22.7 Å². The van der Waals surface area contributed by atoms with Crippen LogP contribution in [0.2, 0.25) is 0 Å². The van der Waals surface area contributed by atoms with Crippen molar-refractivity contribution in [2.75, 3.05) is 26.8 Å². The van der Waals surface area contributed by atoms with Crippen LogP contribution in [0.1, 0.15) is 12.8 Å². The Bertz CT molecular complexity index is 557. The highest BCUT2D eigenvalue weighted by Crippen LogP contribution is 2.34. The minimum absolute atomic E-state index is 0.0574. The number of halogens is 4. The second kappa shape index (κ2) is 7.42. The number of hydrogen-bond acceptors (Lipinski definition) is 3. The van der Waals surface area contributed by atoms with Gasteiger partial charge >= 0.3 is 6.18 Å². The smallest absolute Gasteiger partial charge is 0.391 e. The van der Waals surface area contributed by atoms with Gasteiger partial charge in [-0.1, -0.05) is 0 Å². The van der Waals surface area contributed by atoms with E-state index >= 15 is 0 Å². The minimum atomic E-state index is -4.18. The van der Waals surface area contributed by atoms with Crippen molar-refractivity contribution in [1.82, 2.24) is 4.90 Å². The van der Waals surface area contributed by atoms with Crippen molar-refractivity contribution in [3.63, 3.8) is 0 Å². The first kappa shape index (κ1) is 17.9. The third-order valence-corrected chi connectivity index (χ3v) is 4.46. The van der Waals surface area contributed by atoms with E-state index in [1.807, 2.05) is 0 Å². The maximum absolute atomic E-state index is 12.6. The zero-order valence-corrected chi connectivity index (χ0v) is 14.1. The Kier molecular flexibility index (Phi) is 5.78. The second-order valence-electron chi connectivity index (χ2n) is 5.28. The Morgan fingerprint density at radius 1 is 1.35 bits per heavy atom. The number of methoxy groups -OCH3 is 1. The number of carbonyl (C=O) groups is 1. The lowest BCUT2D eigenvalue weighted by Gasteiger charge is -2.32. The number of piperidine rings is 1. The molecule has 0 bridgehead atoms. The molecule has 1 amide bonds. The van der Waals surface area contributed by atoms with Crippen molar-refractivity contribution in [2.24, 2.45) is 5.92 Å². The molecule has 0 atom stereocenters. The maximum Gasteiger partial charge on any atom is 0.391 e. The van der Waals surface area contributed by atoms with Crippen LogP contribution in [-0.4, -0.2) is 43.8 Å². The number of carbonyl (C=O) groups excluding carboxylic acids is 1. The molecule has 0 spiro atoms. The van der Waals surface area contributed by atoms with Gasteiger partial charge in [0.2, 0.25) is 0 Å². The highest BCUT2D eigenvalue weighted by molar-refractivity contribution is 9.10. The van der Waals surface area contributed by atoms with Crippen LogP contribution in [0.5, 0.6) is 11.5 Å². The summed E-state index contributed by atoms with van der Waals surface area (Å²) in [7, 11) is 1.52. The van der Waals surface area contributed by atoms with Gasteiger partial charge in [0.15, 0.2) is 6.61 Å². The van der Waals surface area contributed by atoms with Crippen molar-refractivity contribution >= 4 is 21.8 Å². The molecule has 1 aliphatic rings. The van der Waals surface area contributed by atoms with E-state index in [4.69, 9.17) is 9.47 Å². The zero-order valence-electron chi connectivity index (χ0n) is 12.5. The SMILES string of the molecule is COc1ccc(Br)c(OCC(=O)N2CCC(C(F)(F)F)CC2)c1. The van der Waals surface area contributed by atoms with E-state index in [2.05, 4.69) is 15.9 Å². The molecule has 0 aromatic heterocycles. The first-order valence-corrected chi connectivity index (χ1v) is 7.91. The van der Waals surface area contributed by atoms with Crippen molar-refractivity contribution in [2.45, 2.75) is 19.0 Å². The van der Waals surface area contributed by atoms with Gasteiger partial charge in [-0.25, -0.2) is 0 Å². The molecule has 4 nitrogen and oxygen atoms in total. The number of rotatable bonds is 4. The van der Waals surface area contributed by atoms with Crippen LogP contribution < -0.4 is 9.47 Å². The van der Waals surface area contributed by atoms with Crippen molar-refractivity contribution in [1.29, 1.82) is 0 Å². The second-order valence-corrected chi connectivity index (χ2v) is 6.14. The number of likely N-dealkylation sites (tertiary alicyclic amines) is 1. The molecule has 1 aliphatic heterocycles. The summed E-state index contributed by atoms with van der Waals surface area (Å²) in [5.74, 6) is -0.607. The third kappa shape index (κ3) is 4.76. The molecule has 0 N–H and O–H groups in total. The number of amides is 1. The van der Waals surface area contributed by atoms with Crippen LogP contribution >= 0.6 is 15.9 Å². The van der Waals surface area contributed by atoms with E-state index in [-0.39, 0.29) is 38.4 Å². The topological polar surface area (TPSA) is 38.8 Å². The summed E-state index contributed by atoms with van der Waals surface area (Å²) in [6, 6.07) is 5.10. The van der Waals surface area contributed by atoms with E-state index in [1.165, 1.54) is 12.0 Å². The van der Waals surface area contributed by atoms with E-state index in [9.17, 15) is 18.0 Å². The van der Waals surface area contributed by atoms with Crippen molar-refractivity contribution < 1.29 is 27.4 Å². The molecule has 2 rings (SSSR count). The minimum Gasteiger partial charge on any atom is -0.497 e. The van der Waals surface area contributed by atoms with Gasteiger partial charge in [0, 0.05) is 19.2 Å². The van der Waals surface area contributed by atoms with Gasteiger partial charge < -0.3 is 14.4 Å². The Balaban J connectivity index is 1.87. The molecular weight excluding hydrogens is 379 g/mol. The largest absolute Gasteiger partial charge is 0.497 e. The predicted octanol–water partition coefficient (Wildman–Crippen LogP) is 3.64.